The van der Waals surface area contributed by atoms with E-state index in [4.69, 9.17) is 4.74 Å². The van der Waals surface area contributed by atoms with Crippen molar-refractivity contribution >= 4 is 5.97 Å². The van der Waals surface area contributed by atoms with Crippen molar-refractivity contribution in [2.24, 2.45) is 52.3 Å². The number of rotatable bonds is 14. The second-order valence-electron chi connectivity index (χ2n) is 14.3. The minimum Gasteiger partial charge on any atom is -0.426 e. The molecule has 3 nitrogen and oxygen atoms in total. The van der Waals surface area contributed by atoms with Crippen LogP contribution in [0.1, 0.15) is 118 Å². The summed E-state index contributed by atoms with van der Waals surface area (Å²) in [6.45, 7) is 13.9. The molecule has 2 saturated carbocycles. The molecule has 1 aromatic carbocycles. The van der Waals surface area contributed by atoms with E-state index in [-0.39, 0.29) is 29.3 Å². The smallest absolute Gasteiger partial charge is 0.314 e. The highest BCUT2D eigenvalue weighted by Gasteiger charge is 2.62. The molecular weight excluding hydrogens is 516 g/mol. The lowest BCUT2D eigenvalue weighted by molar-refractivity contribution is -0.141. The molecule has 3 aliphatic rings. The highest BCUT2D eigenvalue weighted by molar-refractivity contribution is 5.74. The Labute approximate surface area is 257 Å². The lowest BCUT2D eigenvalue weighted by atomic mass is 9.51. The summed E-state index contributed by atoms with van der Waals surface area (Å²) in [4.78, 5) is 13.7. The lowest BCUT2D eigenvalue weighted by Gasteiger charge is -2.54. The van der Waals surface area contributed by atoms with E-state index < -0.39 is 0 Å². The number of benzene rings is 1. The fourth-order valence-electron chi connectivity index (χ4n) is 10.4. The third-order valence-corrected chi connectivity index (χ3v) is 12.2. The number of hydrogen-bond acceptors (Lipinski definition) is 3. The SMILES string of the molecule is C=CC1C(CCC)C2CC=CCC2C1(CC(C)C(=O)Oc1ccccc1)CC1(CO)C(CC)CCCC[C@H]1CCCC. The summed E-state index contributed by atoms with van der Waals surface area (Å²) >= 11 is 0. The molecule has 2 fully saturated rings. The van der Waals surface area contributed by atoms with E-state index in [0.717, 1.165) is 32.1 Å². The standard InChI is InChI=1S/C39H60O3/c1-6-10-19-31-21-15-14-20-30(8-3)39(31,28-40)27-38(26-29(5)37(41)42-32-22-12-11-13-23-32)35(9-4)33(18-7-2)34-24-16-17-25-36(34)38/h9,11-13,16-17,22-23,29-31,33-36,40H,4,6-8,10,14-15,18-21,24-28H2,1-3,5H3/t29?,30?,31-,33?,34?,35?,36?,38?,39?/m1/s1. The Balaban J connectivity index is 1.82. The summed E-state index contributed by atoms with van der Waals surface area (Å²) in [5, 5.41) is 11.6. The van der Waals surface area contributed by atoms with Gasteiger partial charge in [-0.05, 0) is 110 Å². The Hall–Kier alpha value is -1.87. The van der Waals surface area contributed by atoms with Crippen molar-refractivity contribution in [1.29, 1.82) is 0 Å². The predicted octanol–water partition coefficient (Wildman–Crippen LogP) is 10.2. The molecule has 0 amide bonds. The molecular formula is C39H60O3. The number of carbonyl (C=O) groups is 1. The number of hydrogen-bond donors (Lipinski definition) is 1. The number of esters is 1. The molecule has 0 spiro atoms. The lowest BCUT2D eigenvalue weighted by Crippen LogP contribution is -2.49. The molecule has 0 aliphatic heterocycles. The normalized spacial score (nSPS) is 35.3. The van der Waals surface area contributed by atoms with Crippen molar-refractivity contribution in [3.63, 3.8) is 0 Å². The molecule has 1 N–H and O–H groups in total. The van der Waals surface area contributed by atoms with Gasteiger partial charge in [-0.2, -0.15) is 0 Å². The van der Waals surface area contributed by atoms with Crippen LogP contribution < -0.4 is 4.74 Å². The highest BCUT2D eigenvalue weighted by Crippen LogP contribution is 2.68. The first-order valence-electron chi connectivity index (χ1n) is 17.6. The van der Waals surface area contributed by atoms with E-state index in [1.54, 1.807) is 0 Å². The Morgan fingerprint density at radius 3 is 2.38 bits per heavy atom. The van der Waals surface area contributed by atoms with Crippen LogP contribution in [0.4, 0.5) is 0 Å². The van der Waals surface area contributed by atoms with Crippen LogP contribution in [-0.4, -0.2) is 17.7 Å². The molecule has 9 atom stereocenters. The van der Waals surface area contributed by atoms with E-state index >= 15 is 0 Å². The number of para-hydroxylation sites is 1. The molecule has 1 aromatic rings. The highest BCUT2D eigenvalue weighted by atomic mass is 16.5. The van der Waals surface area contributed by atoms with Crippen LogP contribution in [0.25, 0.3) is 0 Å². The Morgan fingerprint density at radius 2 is 1.74 bits per heavy atom. The van der Waals surface area contributed by atoms with Crippen molar-refractivity contribution < 1.29 is 14.6 Å². The van der Waals surface area contributed by atoms with Gasteiger partial charge in [0, 0.05) is 6.61 Å². The van der Waals surface area contributed by atoms with Gasteiger partial charge in [0.2, 0.25) is 0 Å². The molecule has 4 rings (SSSR count). The van der Waals surface area contributed by atoms with Gasteiger partial charge in [-0.3, -0.25) is 4.79 Å². The fraction of sp³-hybridized carbons (Fsp3) is 0.718. The monoisotopic (exact) mass is 576 g/mol. The summed E-state index contributed by atoms with van der Waals surface area (Å²) in [7, 11) is 0. The molecule has 0 radical (unpaired) electrons. The maximum Gasteiger partial charge on any atom is 0.314 e. The zero-order valence-electron chi connectivity index (χ0n) is 27.2. The zero-order chi connectivity index (χ0) is 30.2. The summed E-state index contributed by atoms with van der Waals surface area (Å²) in [5.41, 5.74) is -0.200. The van der Waals surface area contributed by atoms with Gasteiger partial charge in [-0.25, -0.2) is 0 Å². The number of ether oxygens (including phenoxy) is 1. The van der Waals surface area contributed by atoms with Crippen LogP contribution >= 0.6 is 0 Å². The van der Waals surface area contributed by atoms with Gasteiger partial charge in [-0.15, -0.1) is 6.58 Å². The molecule has 8 unspecified atom stereocenters. The quantitative estimate of drug-likeness (QED) is 0.104. The van der Waals surface area contributed by atoms with Gasteiger partial charge in [0.15, 0.2) is 0 Å². The number of aliphatic hydroxyl groups excluding tert-OH is 1. The molecule has 0 bridgehead atoms. The van der Waals surface area contributed by atoms with Gasteiger partial charge in [-0.1, -0.05) is 103 Å². The van der Waals surface area contributed by atoms with Crippen LogP contribution in [0.3, 0.4) is 0 Å². The van der Waals surface area contributed by atoms with Gasteiger partial charge >= 0.3 is 5.97 Å². The molecule has 3 heteroatoms. The van der Waals surface area contributed by atoms with E-state index in [2.05, 4.69) is 52.5 Å². The van der Waals surface area contributed by atoms with Crippen LogP contribution in [0.5, 0.6) is 5.75 Å². The first kappa shape index (κ1) is 33.0. The second-order valence-corrected chi connectivity index (χ2v) is 14.3. The number of allylic oxidation sites excluding steroid dienone is 3. The predicted molar refractivity (Wildman–Crippen MR) is 175 cm³/mol. The summed E-state index contributed by atoms with van der Waals surface area (Å²) < 4.78 is 5.96. The largest absolute Gasteiger partial charge is 0.426 e. The Bertz CT molecular complexity index is 1020. The van der Waals surface area contributed by atoms with Gasteiger partial charge < -0.3 is 9.84 Å². The third-order valence-electron chi connectivity index (χ3n) is 12.2. The summed E-state index contributed by atoms with van der Waals surface area (Å²) in [6, 6.07) is 9.54. The Kier molecular flexibility index (Phi) is 12.0. The molecule has 0 saturated heterocycles. The van der Waals surface area contributed by atoms with Crippen molar-refractivity contribution in [2.75, 3.05) is 6.61 Å². The molecule has 42 heavy (non-hydrogen) atoms. The number of carbonyl (C=O) groups excluding carboxylic acids is 1. The van der Waals surface area contributed by atoms with Crippen LogP contribution in [0, 0.1) is 52.3 Å². The van der Waals surface area contributed by atoms with Crippen molar-refractivity contribution in [3.05, 3.63) is 55.1 Å². The first-order valence-corrected chi connectivity index (χ1v) is 17.6. The van der Waals surface area contributed by atoms with Gasteiger partial charge in [0.05, 0.1) is 5.92 Å². The van der Waals surface area contributed by atoms with E-state index in [9.17, 15) is 9.90 Å². The van der Waals surface area contributed by atoms with E-state index in [1.807, 2.05) is 30.3 Å². The summed E-state index contributed by atoms with van der Waals surface area (Å²) in [6.07, 6.45) is 23.3. The minimum absolute atomic E-state index is 0.0862. The molecule has 234 valence electrons. The fourth-order valence-corrected chi connectivity index (χ4v) is 10.4. The molecule has 0 heterocycles. The van der Waals surface area contributed by atoms with Crippen molar-refractivity contribution in [3.8, 4) is 5.75 Å². The maximum atomic E-state index is 13.7. The second kappa shape index (κ2) is 15.2. The number of aliphatic hydroxyl groups is 1. The average Bonchev–Trinajstić information content (AvgIpc) is 3.13. The maximum absolute atomic E-state index is 13.7. The van der Waals surface area contributed by atoms with Crippen molar-refractivity contribution in [2.45, 2.75) is 118 Å². The number of unbranched alkanes of at least 4 members (excludes halogenated alkanes) is 1. The van der Waals surface area contributed by atoms with Gasteiger partial charge in [0.25, 0.3) is 0 Å². The minimum atomic E-state index is -0.227. The van der Waals surface area contributed by atoms with Crippen LogP contribution in [0.2, 0.25) is 0 Å². The first-order chi connectivity index (χ1) is 20.4. The van der Waals surface area contributed by atoms with Crippen LogP contribution in [0.15, 0.2) is 55.1 Å². The van der Waals surface area contributed by atoms with Crippen LogP contribution in [-0.2, 0) is 4.79 Å². The number of fused-ring (bicyclic) bond motifs is 1. The summed E-state index contributed by atoms with van der Waals surface area (Å²) in [5.74, 6) is 3.37. The molecule has 3 aliphatic carbocycles. The third kappa shape index (κ3) is 6.62. The Morgan fingerprint density at radius 1 is 1.02 bits per heavy atom. The average molecular weight is 577 g/mol. The van der Waals surface area contributed by atoms with E-state index in [1.165, 1.54) is 57.8 Å². The van der Waals surface area contributed by atoms with Gasteiger partial charge in [0.1, 0.15) is 5.75 Å². The topological polar surface area (TPSA) is 46.5 Å². The molecule has 0 aromatic heterocycles. The van der Waals surface area contributed by atoms with E-state index in [0.29, 0.717) is 41.3 Å². The van der Waals surface area contributed by atoms with Crippen molar-refractivity contribution in [1.82, 2.24) is 0 Å². The zero-order valence-corrected chi connectivity index (χ0v) is 27.2.